The first-order valence-electron chi connectivity index (χ1n) is 11.3. The molecule has 1 N–H and O–H groups in total. The number of pyridine rings is 1. The van der Waals surface area contributed by atoms with E-state index in [0.29, 0.717) is 17.8 Å². The Morgan fingerprint density at radius 2 is 1.71 bits per heavy atom. The predicted octanol–water partition coefficient (Wildman–Crippen LogP) is 5.40. The number of carbonyl (C=O) groups is 1. The summed E-state index contributed by atoms with van der Waals surface area (Å²) in [5.74, 6) is -0.242. The molecule has 0 spiro atoms. The van der Waals surface area contributed by atoms with Crippen LogP contribution in [0.4, 0.5) is 5.69 Å². The fourth-order valence-electron chi connectivity index (χ4n) is 4.48. The molecule has 1 aliphatic heterocycles. The molecule has 0 saturated carbocycles. The second kappa shape index (κ2) is 9.37. The van der Waals surface area contributed by atoms with Crippen molar-refractivity contribution >= 4 is 32.4 Å². The minimum Gasteiger partial charge on any atom is -0.322 e. The molecule has 1 saturated heterocycles. The summed E-state index contributed by atoms with van der Waals surface area (Å²) in [7, 11) is -3.69. The molecular formula is C27H25N3O3S. The Bertz CT molecular complexity index is 1420. The van der Waals surface area contributed by atoms with E-state index in [1.807, 2.05) is 48.5 Å². The lowest BCUT2D eigenvalue weighted by Crippen LogP contribution is -2.38. The number of fused-ring (bicyclic) bond motifs is 1. The van der Waals surface area contributed by atoms with Gasteiger partial charge in [-0.3, -0.25) is 9.78 Å². The molecule has 1 aromatic heterocycles. The van der Waals surface area contributed by atoms with Crippen LogP contribution in [0.3, 0.4) is 0 Å². The quantitative estimate of drug-likeness (QED) is 0.422. The summed E-state index contributed by atoms with van der Waals surface area (Å²) in [4.78, 5) is 17.1. The fourth-order valence-corrected chi connectivity index (χ4v) is 6.16. The molecule has 1 fully saturated rings. The van der Waals surface area contributed by atoms with Crippen molar-refractivity contribution < 1.29 is 13.2 Å². The third-order valence-electron chi connectivity index (χ3n) is 6.25. The molecule has 34 heavy (non-hydrogen) atoms. The van der Waals surface area contributed by atoms with Gasteiger partial charge in [0, 0.05) is 30.2 Å². The number of aromatic nitrogens is 1. The van der Waals surface area contributed by atoms with Gasteiger partial charge in [0.25, 0.3) is 5.91 Å². The Morgan fingerprint density at radius 3 is 2.47 bits per heavy atom. The summed E-state index contributed by atoms with van der Waals surface area (Å²) < 4.78 is 28.5. The lowest BCUT2D eigenvalue weighted by molar-refractivity contribution is 0.102. The first-order valence-corrected chi connectivity index (χ1v) is 12.8. The molecule has 0 unspecified atom stereocenters. The summed E-state index contributed by atoms with van der Waals surface area (Å²) >= 11 is 0. The topological polar surface area (TPSA) is 79.4 Å². The number of rotatable bonds is 5. The van der Waals surface area contributed by atoms with Crippen molar-refractivity contribution in [2.24, 2.45) is 0 Å². The lowest BCUT2D eigenvalue weighted by atomic mass is 9.99. The second-order valence-electron chi connectivity index (χ2n) is 8.45. The minimum absolute atomic E-state index is 0.215. The van der Waals surface area contributed by atoms with Crippen molar-refractivity contribution in [2.45, 2.75) is 30.2 Å². The van der Waals surface area contributed by atoms with E-state index in [4.69, 9.17) is 0 Å². The fraction of sp³-hybridized carbons (Fsp3) is 0.185. The molecule has 3 aromatic carbocycles. The maximum atomic E-state index is 13.5. The van der Waals surface area contributed by atoms with Crippen molar-refractivity contribution in [1.29, 1.82) is 0 Å². The molecule has 1 atom stereocenters. The van der Waals surface area contributed by atoms with E-state index in [0.717, 1.165) is 35.6 Å². The van der Waals surface area contributed by atoms with Gasteiger partial charge >= 0.3 is 0 Å². The monoisotopic (exact) mass is 471 g/mol. The molecule has 5 rings (SSSR count). The first kappa shape index (κ1) is 22.3. The van der Waals surface area contributed by atoms with Crippen LogP contribution in [0.5, 0.6) is 0 Å². The van der Waals surface area contributed by atoms with E-state index >= 15 is 0 Å². The number of hydrogen-bond donors (Lipinski definition) is 1. The van der Waals surface area contributed by atoms with Gasteiger partial charge in [-0.2, -0.15) is 4.31 Å². The number of amides is 1. The Kier molecular flexibility index (Phi) is 6.13. The number of benzene rings is 3. The molecule has 1 amide bonds. The number of carbonyl (C=O) groups excluding carboxylic acids is 1. The van der Waals surface area contributed by atoms with Gasteiger partial charge in [-0.05, 0) is 71.6 Å². The highest BCUT2D eigenvalue weighted by molar-refractivity contribution is 7.89. The molecule has 7 heteroatoms. The zero-order valence-corrected chi connectivity index (χ0v) is 19.4. The van der Waals surface area contributed by atoms with Crippen LogP contribution in [0.2, 0.25) is 0 Å². The summed E-state index contributed by atoms with van der Waals surface area (Å²) in [6, 6.07) is 23.3. The molecule has 4 aromatic rings. The van der Waals surface area contributed by atoms with Gasteiger partial charge in [-0.15, -0.1) is 0 Å². The molecule has 6 nitrogen and oxygen atoms in total. The van der Waals surface area contributed by atoms with E-state index in [1.54, 1.807) is 47.0 Å². The maximum Gasteiger partial charge on any atom is 0.255 e. The maximum absolute atomic E-state index is 13.5. The van der Waals surface area contributed by atoms with Crippen LogP contribution in [-0.4, -0.2) is 30.2 Å². The smallest absolute Gasteiger partial charge is 0.255 e. The van der Waals surface area contributed by atoms with Crippen LogP contribution in [0, 0.1) is 0 Å². The van der Waals surface area contributed by atoms with Gasteiger partial charge in [-0.1, -0.05) is 42.8 Å². The highest BCUT2D eigenvalue weighted by atomic mass is 32.2. The number of piperidine rings is 1. The van der Waals surface area contributed by atoms with Gasteiger partial charge in [0.2, 0.25) is 10.0 Å². The van der Waals surface area contributed by atoms with E-state index < -0.39 is 10.0 Å². The van der Waals surface area contributed by atoms with Gasteiger partial charge < -0.3 is 5.32 Å². The summed E-state index contributed by atoms with van der Waals surface area (Å²) in [5.41, 5.74) is 1.99. The molecule has 2 heterocycles. The van der Waals surface area contributed by atoms with Crippen molar-refractivity contribution in [1.82, 2.24) is 9.29 Å². The average molecular weight is 472 g/mol. The van der Waals surface area contributed by atoms with Crippen molar-refractivity contribution in [2.75, 3.05) is 11.9 Å². The standard InChI is InChI=1S/C27H25N3O3S/c31-27(22-11-10-20-6-1-2-7-21(20)18-22)29-24-12-14-25(15-13-24)34(32,33)30-17-4-3-9-26(30)23-8-5-16-28-19-23/h1-2,5-8,10-16,18-19,26H,3-4,9,17H2,(H,29,31)/t26-/m1/s1. The Labute approximate surface area is 199 Å². The zero-order valence-electron chi connectivity index (χ0n) is 18.6. The summed E-state index contributed by atoms with van der Waals surface area (Å²) in [5, 5.41) is 4.91. The largest absolute Gasteiger partial charge is 0.322 e. The van der Waals surface area contributed by atoms with E-state index in [9.17, 15) is 13.2 Å². The van der Waals surface area contributed by atoms with Crippen LogP contribution >= 0.6 is 0 Å². The predicted molar refractivity (Wildman–Crippen MR) is 133 cm³/mol. The van der Waals surface area contributed by atoms with Crippen LogP contribution in [0.15, 0.2) is 96.2 Å². The summed E-state index contributed by atoms with van der Waals surface area (Å²) in [6.07, 6.45) is 6.01. The highest BCUT2D eigenvalue weighted by Gasteiger charge is 2.34. The van der Waals surface area contributed by atoms with Gasteiger partial charge in [0.15, 0.2) is 0 Å². The van der Waals surface area contributed by atoms with Gasteiger partial charge in [0.05, 0.1) is 10.9 Å². The average Bonchev–Trinajstić information content (AvgIpc) is 2.89. The second-order valence-corrected chi connectivity index (χ2v) is 10.3. The first-order chi connectivity index (χ1) is 16.5. The van der Waals surface area contributed by atoms with Gasteiger partial charge in [-0.25, -0.2) is 8.42 Å². The number of hydrogen-bond acceptors (Lipinski definition) is 4. The number of anilines is 1. The highest BCUT2D eigenvalue weighted by Crippen LogP contribution is 2.35. The van der Waals surface area contributed by atoms with Crippen molar-refractivity contribution in [3.63, 3.8) is 0 Å². The minimum atomic E-state index is -3.69. The SMILES string of the molecule is O=C(Nc1ccc(S(=O)(=O)N2CCCC[C@@H]2c2cccnc2)cc1)c1ccc2ccccc2c1. The summed E-state index contributed by atoms with van der Waals surface area (Å²) in [6.45, 7) is 0.475. The van der Waals surface area contributed by atoms with Crippen LogP contribution in [0.25, 0.3) is 10.8 Å². The van der Waals surface area contributed by atoms with Crippen LogP contribution < -0.4 is 5.32 Å². The Balaban J connectivity index is 1.34. The Morgan fingerprint density at radius 1 is 0.912 bits per heavy atom. The Hall–Kier alpha value is -3.55. The zero-order chi connectivity index (χ0) is 23.5. The van der Waals surface area contributed by atoms with Crippen LogP contribution in [0.1, 0.15) is 41.2 Å². The third-order valence-corrected chi connectivity index (χ3v) is 8.18. The number of nitrogens with zero attached hydrogens (tertiary/aromatic N) is 2. The molecule has 0 radical (unpaired) electrons. The number of nitrogens with one attached hydrogen (secondary N) is 1. The lowest BCUT2D eigenvalue weighted by Gasteiger charge is -2.34. The third kappa shape index (κ3) is 4.44. The molecular weight excluding hydrogens is 446 g/mol. The molecule has 0 bridgehead atoms. The van der Waals surface area contributed by atoms with E-state index in [1.165, 1.54) is 0 Å². The van der Waals surface area contributed by atoms with Crippen LogP contribution in [-0.2, 0) is 10.0 Å². The molecule has 1 aliphatic rings. The van der Waals surface area contributed by atoms with E-state index in [2.05, 4.69) is 10.3 Å². The van der Waals surface area contributed by atoms with Gasteiger partial charge in [0.1, 0.15) is 0 Å². The number of sulfonamides is 1. The van der Waals surface area contributed by atoms with Crippen molar-refractivity contribution in [3.8, 4) is 0 Å². The molecule has 172 valence electrons. The van der Waals surface area contributed by atoms with E-state index in [-0.39, 0.29) is 16.8 Å². The normalized spacial score (nSPS) is 16.9. The van der Waals surface area contributed by atoms with Crippen molar-refractivity contribution in [3.05, 3.63) is 102 Å². The molecule has 0 aliphatic carbocycles.